The summed E-state index contributed by atoms with van der Waals surface area (Å²) in [6.07, 6.45) is 1.34. The SMILES string of the molecule is O=C(NC(C(=O)O)c1ccc(Cl)cc1)c1ccco1. The Bertz CT molecular complexity index is 577. The Hall–Kier alpha value is -2.27. The molecule has 98 valence electrons. The van der Waals surface area contributed by atoms with Gasteiger partial charge < -0.3 is 14.8 Å². The van der Waals surface area contributed by atoms with Crippen molar-refractivity contribution in [3.63, 3.8) is 0 Å². The number of carboxylic acids is 1. The van der Waals surface area contributed by atoms with Crippen LogP contribution in [-0.2, 0) is 4.79 Å². The maximum absolute atomic E-state index is 11.8. The summed E-state index contributed by atoms with van der Waals surface area (Å²) < 4.78 is 4.90. The molecule has 0 aliphatic carbocycles. The van der Waals surface area contributed by atoms with Crippen molar-refractivity contribution in [2.24, 2.45) is 0 Å². The number of rotatable bonds is 4. The van der Waals surface area contributed by atoms with Gasteiger partial charge in [-0.15, -0.1) is 0 Å². The molecule has 0 spiro atoms. The average Bonchev–Trinajstić information content (AvgIpc) is 2.90. The lowest BCUT2D eigenvalue weighted by atomic mass is 10.1. The summed E-state index contributed by atoms with van der Waals surface area (Å²) in [4.78, 5) is 23.0. The number of hydrogen-bond donors (Lipinski definition) is 2. The highest BCUT2D eigenvalue weighted by Crippen LogP contribution is 2.17. The van der Waals surface area contributed by atoms with E-state index in [4.69, 9.17) is 21.1 Å². The molecular weight excluding hydrogens is 270 g/mol. The monoisotopic (exact) mass is 279 g/mol. The summed E-state index contributed by atoms with van der Waals surface area (Å²) in [6, 6.07) is 8.06. The van der Waals surface area contributed by atoms with E-state index in [9.17, 15) is 9.59 Å². The van der Waals surface area contributed by atoms with E-state index in [1.807, 2.05) is 0 Å². The molecule has 0 bridgehead atoms. The number of carboxylic acid groups (broad SMARTS) is 1. The first-order valence-electron chi connectivity index (χ1n) is 5.40. The Morgan fingerprint density at radius 3 is 2.42 bits per heavy atom. The number of halogens is 1. The fourth-order valence-electron chi connectivity index (χ4n) is 1.55. The van der Waals surface area contributed by atoms with Gasteiger partial charge in [-0.25, -0.2) is 4.79 Å². The van der Waals surface area contributed by atoms with Crippen molar-refractivity contribution in [3.05, 3.63) is 59.0 Å². The lowest BCUT2D eigenvalue weighted by Crippen LogP contribution is -2.33. The van der Waals surface area contributed by atoms with Gasteiger partial charge in [-0.05, 0) is 29.8 Å². The zero-order valence-corrected chi connectivity index (χ0v) is 10.4. The zero-order chi connectivity index (χ0) is 13.8. The van der Waals surface area contributed by atoms with Gasteiger partial charge in [0.2, 0.25) is 0 Å². The molecule has 0 radical (unpaired) electrons. The van der Waals surface area contributed by atoms with Crippen LogP contribution in [0.25, 0.3) is 0 Å². The average molecular weight is 280 g/mol. The Balaban J connectivity index is 2.19. The van der Waals surface area contributed by atoms with Crippen LogP contribution in [0, 0.1) is 0 Å². The van der Waals surface area contributed by atoms with E-state index in [0.29, 0.717) is 10.6 Å². The molecule has 1 aromatic carbocycles. The highest BCUT2D eigenvalue weighted by molar-refractivity contribution is 6.30. The van der Waals surface area contributed by atoms with Gasteiger partial charge in [0, 0.05) is 5.02 Å². The van der Waals surface area contributed by atoms with Gasteiger partial charge in [-0.3, -0.25) is 4.79 Å². The number of amides is 1. The van der Waals surface area contributed by atoms with Crippen LogP contribution in [0.1, 0.15) is 22.2 Å². The van der Waals surface area contributed by atoms with Crippen LogP contribution in [0.4, 0.5) is 0 Å². The van der Waals surface area contributed by atoms with E-state index in [-0.39, 0.29) is 5.76 Å². The smallest absolute Gasteiger partial charge is 0.330 e. The number of aliphatic carboxylic acids is 1. The van der Waals surface area contributed by atoms with Crippen LogP contribution in [0.3, 0.4) is 0 Å². The fraction of sp³-hybridized carbons (Fsp3) is 0.0769. The van der Waals surface area contributed by atoms with E-state index < -0.39 is 17.9 Å². The van der Waals surface area contributed by atoms with Crippen molar-refractivity contribution in [1.82, 2.24) is 5.32 Å². The van der Waals surface area contributed by atoms with Crippen molar-refractivity contribution in [3.8, 4) is 0 Å². The molecule has 0 aliphatic rings. The summed E-state index contributed by atoms with van der Waals surface area (Å²) in [5.41, 5.74) is 0.428. The van der Waals surface area contributed by atoms with Crippen LogP contribution in [0.5, 0.6) is 0 Å². The van der Waals surface area contributed by atoms with Gasteiger partial charge in [0.05, 0.1) is 6.26 Å². The summed E-state index contributed by atoms with van der Waals surface area (Å²) in [5.74, 6) is -1.70. The molecule has 19 heavy (non-hydrogen) atoms. The van der Waals surface area contributed by atoms with Gasteiger partial charge in [0.25, 0.3) is 5.91 Å². The normalized spacial score (nSPS) is 11.8. The van der Waals surface area contributed by atoms with E-state index in [2.05, 4.69) is 5.32 Å². The molecule has 0 saturated carbocycles. The first-order chi connectivity index (χ1) is 9.08. The highest BCUT2D eigenvalue weighted by Gasteiger charge is 2.23. The van der Waals surface area contributed by atoms with Crippen molar-refractivity contribution in [2.75, 3.05) is 0 Å². The minimum Gasteiger partial charge on any atom is -0.479 e. The van der Waals surface area contributed by atoms with Crippen molar-refractivity contribution >= 4 is 23.5 Å². The van der Waals surface area contributed by atoms with Crippen molar-refractivity contribution in [1.29, 1.82) is 0 Å². The Kier molecular flexibility index (Phi) is 3.87. The molecule has 1 aromatic heterocycles. The third kappa shape index (κ3) is 3.14. The predicted molar refractivity (Wildman–Crippen MR) is 68.0 cm³/mol. The van der Waals surface area contributed by atoms with Gasteiger partial charge in [0.15, 0.2) is 11.8 Å². The Morgan fingerprint density at radius 1 is 1.21 bits per heavy atom. The molecule has 1 unspecified atom stereocenters. The summed E-state index contributed by atoms with van der Waals surface area (Å²) in [7, 11) is 0. The second-order valence-electron chi connectivity index (χ2n) is 3.77. The van der Waals surface area contributed by atoms with E-state index in [1.54, 1.807) is 30.3 Å². The molecule has 0 saturated heterocycles. The van der Waals surface area contributed by atoms with Gasteiger partial charge in [-0.1, -0.05) is 23.7 Å². The standard InChI is InChI=1S/C13H10ClNO4/c14-9-5-3-8(4-6-9)11(13(17)18)15-12(16)10-2-1-7-19-10/h1-7,11H,(H,15,16)(H,17,18). The van der Waals surface area contributed by atoms with Crippen molar-refractivity contribution in [2.45, 2.75) is 6.04 Å². The van der Waals surface area contributed by atoms with Crippen LogP contribution >= 0.6 is 11.6 Å². The zero-order valence-electron chi connectivity index (χ0n) is 9.67. The largest absolute Gasteiger partial charge is 0.479 e. The number of nitrogens with one attached hydrogen (secondary N) is 1. The van der Waals surface area contributed by atoms with Gasteiger partial charge >= 0.3 is 5.97 Å². The van der Waals surface area contributed by atoms with Crippen LogP contribution in [-0.4, -0.2) is 17.0 Å². The van der Waals surface area contributed by atoms with Gasteiger partial charge in [0.1, 0.15) is 0 Å². The highest BCUT2D eigenvalue weighted by atomic mass is 35.5. The second-order valence-corrected chi connectivity index (χ2v) is 4.21. The number of carbonyl (C=O) groups excluding carboxylic acids is 1. The maximum atomic E-state index is 11.8. The van der Waals surface area contributed by atoms with E-state index in [0.717, 1.165) is 0 Å². The van der Waals surface area contributed by atoms with Crippen molar-refractivity contribution < 1.29 is 19.1 Å². The molecule has 1 amide bonds. The van der Waals surface area contributed by atoms with Gasteiger partial charge in [-0.2, -0.15) is 0 Å². The number of furan rings is 1. The van der Waals surface area contributed by atoms with E-state index in [1.165, 1.54) is 12.3 Å². The molecule has 2 aromatic rings. The molecule has 2 N–H and O–H groups in total. The summed E-state index contributed by atoms with van der Waals surface area (Å²) in [6.45, 7) is 0. The van der Waals surface area contributed by atoms with Crippen LogP contribution in [0.15, 0.2) is 47.1 Å². The van der Waals surface area contributed by atoms with Crippen LogP contribution < -0.4 is 5.32 Å². The third-order valence-electron chi connectivity index (χ3n) is 2.47. The number of carbonyl (C=O) groups is 2. The topological polar surface area (TPSA) is 79.5 Å². The molecule has 1 atom stereocenters. The minimum atomic E-state index is -1.16. The second kappa shape index (κ2) is 5.58. The molecule has 2 rings (SSSR count). The molecule has 5 nitrogen and oxygen atoms in total. The quantitative estimate of drug-likeness (QED) is 0.901. The van der Waals surface area contributed by atoms with E-state index >= 15 is 0 Å². The molecule has 1 heterocycles. The number of hydrogen-bond acceptors (Lipinski definition) is 3. The first kappa shape index (κ1) is 13.2. The first-order valence-corrected chi connectivity index (χ1v) is 5.78. The maximum Gasteiger partial charge on any atom is 0.330 e. The fourth-order valence-corrected chi connectivity index (χ4v) is 1.68. The Labute approximate surface area is 113 Å². The number of benzene rings is 1. The van der Waals surface area contributed by atoms with Crippen LogP contribution in [0.2, 0.25) is 5.02 Å². The summed E-state index contributed by atoms with van der Waals surface area (Å²) in [5, 5.41) is 12.0. The minimum absolute atomic E-state index is 0.0558. The summed E-state index contributed by atoms with van der Waals surface area (Å²) >= 11 is 5.73. The predicted octanol–water partition coefficient (Wildman–Crippen LogP) is 2.49. The Morgan fingerprint density at radius 2 is 1.89 bits per heavy atom. The molecule has 6 heteroatoms. The lowest BCUT2D eigenvalue weighted by Gasteiger charge is -2.14. The molecule has 0 fully saturated rings. The molecule has 0 aliphatic heterocycles. The third-order valence-corrected chi connectivity index (χ3v) is 2.72. The molecular formula is C13H10ClNO4. The lowest BCUT2D eigenvalue weighted by molar-refractivity contribution is -0.139.